The lowest BCUT2D eigenvalue weighted by molar-refractivity contribution is 0.145. The number of allylic oxidation sites excluding steroid dienone is 1. The molecule has 1 rings (SSSR count). The van der Waals surface area contributed by atoms with Crippen molar-refractivity contribution >= 4 is 23.0 Å². The molecule has 1 heterocycles. The molecule has 0 radical (unpaired) electrons. The minimum absolute atomic E-state index is 0.175. The molecule has 0 aliphatic carbocycles. The highest BCUT2D eigenvalue weighted by Crippen LogP contribution is 2.02. The van der Waals surface area contributed by atoms with Crippen LogP contribution in [-0.4, -0.2) is 22.5 Å². The number of amidine groups is 1. The molecular formula is C12H15N3O2S. The molecule has 1 aromatic heterocycles. The quantitative estimate of drug-likeness (QED) is 0.674. The van der Waals surface area contributed by atoms with Gasteiger partial charge in [0.1, 0.15) is 6.61 Å². The molecule has 6 heteroatoms. The van der Waals surface area contributed by atoms with E-state index in [1.54, 1.807) is 25.4 Å². The van der Waals surface area contributed by atoms with Crippen LogP contribution in [0.25, 0.3) is 0 Å². The van der Waals surface area contributed by atoms with Crippen molar-refractivity contribution in [3.05, 3.63) is 42.4 Å². The van der Waals surface area contributed by atoms with Gasteiger partial charge in [0.2, 0.25) is 0 Å². The number of hydrogen-bond donors (Lipinski definition) is 1. The molecule has 18 heavy (non-hydrogen) atoms. The Balaban J connectivity index is 2.44. The molecular weight excluding hydrogens is 250 g/mol. The Morgan fingerprint density at radius 3 is 3.00 bits per heavy atom. The smallest absolute Gasteiger partial charge is 0.413 e. The number of carbonyl (C=O) groups is 1. The third-order valence-corrected chi connectivity index (χ3v) is 2.37. The lowest BCUT2D eigenvalue weighted by atomic mass is 10.3. The summed E-state index contributed by atoms with van der Waals surface area (Å²) in [5.74, 6) is 0. The van der Waals surface area contributed by atoms with Crippen molar-refractivity contribution in [1.82, 2.24) is 10.3 Å². The van der Waals surface area contributed by atoms with Gasteiger partial charge in [-0.3, -0.25) is 10.3 Å². The van der Waals surface area contributed by atoms with Crippen LogP contribution < -0.4 is 5.32 Å². The van der Waals surface area contributed by atoms with Crippen LogP contribution in [0.5, 0.6) is 0 Å². The number of aromatic nitrogens is 1. The van der Waals surface area contributed by atoms with Gasteiger partial charge < -0.3 is 4.74 Å². The molecule has 1 amide bonds. The molecule has 1 aromatic rings. The summed E-state index contributed by atoms with van der Waals surface area (Å²) in [5.41, 5.74) is 1.45. The molecule has 0 fully saturated rings. The average Bonchev–Trinajstić information content (AvgIpc) is 2.36. The molecule has 0 saturated carbocycles. The molecule has 0 unspecified atom stereocenters. The first-order valence-corrected chi connectivity index (χ1v) is 6.45. The van der Waals surface area contributed by atoms with Crippen LogP contribution in [0.4, 0.5) is 4.79 Å². The third-order valence-electron chi connectivity index (χ3n) is 1.79. The predicted molar refractivity (Wildman–Crippen MR) is 73.3 cm³/mol. The van der Waals surface area contributed by atoms with Gasteiger partial charge in [-0.1, -0.05) is 24.4 Å². The van der Waals surface area contributed by atoms with Gasteiger partial charge in [-0.2, -0.15) is 0 Å². The lowest BCUT2D eigenvalue weighted by Crippen LogP contribution is -2.28. The van der Waals surface area contributed by atoms with Crippen LogP contribution in [0.1, 0.15) is 12.5 Å². The largest absolute Gasteiger partial charge is 0.444 e. The third kappa shape index (κ3) is 5.49. The topological polar surface area (TPSA) is 63.6 Å². The second-order valence-electron chi connectivity index (χ2n) is 3.42. The maximum Gasteiger partial charge on any atom is 0.413 e. The zero-order chi connectivity index (χ0) is 13.4. The van der Waals surface area contributed by atoms with E-state index in [9.17, 15) is 4.79 Å². The van der Waals surface area contributed by atoms with Gasteiger partial charge in [0.15, 0.2) is 5.17 Å². The number of ether oxygens (including phenoxy) is 1. The highest BCUT2D eigenvalue weighted by atomic mass is 32.2. The summed E-state index contributed by atoms with van der Waals surface area (Å²) in [4.78, 5) is 19.5. The fourth-order valence-corrected chi connectivity index (χ4v) is 1.49. The van der Waals surface area contributed by atoms with E-state index in [0.717, 1.165) is 5.56 Å². The van der Waals surface area contributed by atoms with E-state index in [1.807, 2.05) is 12.3 Å². The van der Waals surface area contributed by atoms with E-state index in [1.165, 1.54) is 11.8 Å². The molecule has 96 valence electrons. The Kier molecular flexibility index (Phi) is 5.93. The fraction of sp³-hybridized carbons (Fsp3) is 0.250. The number of nitrogens with one attached hydrogen (secondary N) is 1. The van der Waals surface area contributed by atoms with Crippen molar-refractivity contribution in [3.8, 4) is 0 Å². The van der Waals surface area contributed by atoms with Crippen molar-refractivity contribution < 1.29 is 9.53 Å². The molecule has 0 saturated heterocycles. The number of hydrogen-bond acceptors (Lipinski definition) is 5. The number of nitrogens with zero attached hydrogens (tertiary/aromatic N) is 2. The van der Waals surface area contributed by atoms with E-state index >= 15 is 0 Å². The maximum atomic E-state index is 11.5. The standard InChI is InChI=1S/C12H15N3O2S/c1-9(2)14-11(18-3)15-12(16)17-8-10-5-4-6-13-7-10/h4-7H,1,8H2,2-3H3,(H,14,15,16). The minimum Gasteiger partial charge on any atom is -0.444 e. The number of aliphatic imine (C=N–C) groups is 1. The van der Waals surface area contributed by atoms with Gasteiger partial charge in [-0.25, -0.2) is 9.79 Å². The van der Waals surface area contributed by atoms with E-state index in [-0.39, 0.29) is 6.61 Å². The van der Waals surface area contributed by atoms with E-state index in [2.05, 4.69) is 21.9 Å². The van der Waals surface area contributed by atoms with Gasteiger partial charge >= 0.3 is 6.09 Å². The Bertz CT molecular complexity index is 446. The molecule has 0 aliphatic heterocycles. The number of thioether (sulfide) groups is 1. The molecule has 5 nitrogen and oxygen atoms in total. The van der Waals surface area contributed by atoms with Gasteiger partial charge in [0, 0.05) is 23.7 Å². The van der Waals surface area contributed by atoms with Gasteiger partial charge in [-0.15, -0.1) is 0 Å². The fourth-order valence-electron chi connectivity index (χ4n) is 1.05. The zero-order valence-electron chi connectivity index (χ0n) is 10.3. The number of rotatable bonds is 3. The molecule has 0 aromatic carbocycles. The van der Waals surface area contributed by atoms with Crippen LogP contribution in [0.15, 0.2) is 41.8 Å². The minimum atomic E-state index is -0.548. The van der Waals surface area contributed by atoms with E-state index in [0.29, 0.717) is 10.9 Å². The average molecular weight is 265 g/mol. The van der Waals surface area contributed by atoms with Crippen molar-refractivity contribution in [3.63, 3.8) is 0 Å². The number of alkyl carbamates (subject to hydrolysis) is 1. The van der Waals surface area contributed by atoms with Gasteiger partial charge in [-0.05, 0) is 19.2 Å². The van der Waals surface area contributed by atoms with Crippen LogP contribution in [0.3, 0.4) is 0 Å². The normalized spacial score (nSPS) is 10.9. The Morgan fingerprint density at radius 2 is 2.44 bits per heavy atom. The number of pyridine rings is 1. The molecule has 0 bridgehead atoms. The summed E-state index contributed by atoms with van der Waals surface area (Å²) in [6.07, 6.45) is 4.57. The highest BCUT2D eigenvalue weighted by Gasteiger charge is 2.06. The molecule has 1 N–H and O–H groups in total. The van der Waals surface area contributed by atoms with Gasteiger partial charge in [0.25, 0.3) is 0 Å². The van der Waals surface area contributed by atoms with E-state index < -0.39 is 6.09 Å². The van der Waals surface area contributed by atoms with Crippen LogP contribution in [0.2, 0.25) is 0 Å². The molecule has 0 atom stereocenters. The summed E-state index contributed by atoms with van der Waals surface area (Å²) in [5, 5.41) is 3.00. The number of amides is 1. The monoisotopic (exact) mass is 265 g/mol. The summed E-state index contributed by atoms with van der Waals surface area (Å²) in [7, 11) is 0. The van der Waals surface area contributed by atoms with Crippen LogP contribution in [0, 0.1) is 0 Å². The maximum absolute atomic E-state index is 11.5. The summed E-state index contributed by atoms with van der Waals surface area (Å²) in [6, 6.07) is 3.62. The zero-order valence-corrected chi connectivity index (χ0v) is 11.2. The lowest BCUT2D eigenvalue weighted by Gasteiger charge is -2.07. The highest BCUT2D eigenvalue weighted by molar-refractivity contribution is 8.13. The van der Waals surface area contributed by atoms with E-state index in [4.69, 9.17) is 4.74 Å². The SMILES string of the molecule is C=C(C)N=C(NC(=O)OCc1cccnc1)SC. The van der Waals surface area contributed by atoms with Crippen LogP contribution in [-0.2, 0) is 11.3 Å². The molecule has 0 aliphatic rings. The summed E-state index contributed by atoms with van der Waals surface area (Å²) < 4.78 is 5.03. The predicted octanol–water partition coefficient (Wildman–Crippen LogP) is 2.56. The first-order chi connectivity index (χ1) is 8.61. The van der Waals surface area contributed by atoms with Crippen LogP contribution >= 0.6 is 11.8 Å². The first-order valence-electron chi connectivity index (χ1n) is 5.22. The van der Waals surface area contributed by atoms with Crippen molar-refractivity contribution in [2.24, 2.45) is 4.99 Å². The Labute approximate surface area is 110 Å². The second-order valence-corrected chi connectivity index (χ2v) is 4.21. The van der Waals surface area contributed by atoms with Crippen molar-refractivity contribution in [2.75, 3.05) is 6.26 Å². The van der Waals surface area contributed by atoms with Crippen molar-refractivity contribution in [2.45, 2.75) is 13.5 Å². The Hall–Kier alpha value is -1.82. The van der Waals surface area contributed by atoms with Crippen molar-refractivity contribution in [1.29, 1.82) is 0 Å². The van der Waals surface area contributed by atoms with Gasteiger partial charge in [0.05, 0.1) is 0 Å². The summed E-state index contributed by atoms with van der Waals surface area (Å²) >= 11 is 1.31. The Morgan fingerprint density at radius 1 is 1.67 bits per heavy atom. The summed E-state index contributed by atoms with van der Waals surface area (Å²) in [6.45, 7) is 5.57. The first kappa shape index (κ1) is 14.2. The second kappa shape index (κ2) is 7.50. The molecule has 0 spiro atoms. The number of carbonyl (C=O) groups excluding carboxylic acids is 1.